The Morgan fingerprint density at radius 3 is 2.18 bits per heavy atom. The maximum Gasteiger partial charge on any atom is 0.280 e. The van der Waals surface area contributed by atoms with Gasteiger partial charge in [0.1, 0.15) is 34.5 Å². The third-order valence-electron chi connectivity index (χ3n) is 10.9. The zero-order valence-electron chi connectivity index (χ0n) is 34.9. The summed E-state index contributed by atoms with van der Waals surface area (Å²) in [7, 11) is 0. The van der Waals surface area contributed by atoms with Gasteiger partial charge in [-0.1, -0.05) is 36.4 Å². The molecule has 328 valence electrons. The first-order chi connectivity index (χ1) is 31.5. The van der Waals surface area contributed by atoms with Gasteiger partial charge in [-0.3, -0.25) is 41.2 Å². The molecule has 6 aromatic rings. The maximum absolute atomic E-state index is 14.3. The lowest BCUT2D eigenvalue weighted by Crippen LogP contribution is -2.36. The van der Waals surface area contributed by atoms with Crippen molar-refractivity contribution < 1.29 is 27.8 Å². The Bertz CT molecular complexity index is 2820. The number of aryl methyl sites for hydroxylation is 1. The first kappa shape index (κ1) is 43.5. The van der Waals surface area contributed by atoms with Crippen LogP contribution in [0.2, 0.25) is 0 Å². The number of rotatable bonds is 6. The highest BCUT2D eigenvalue weighted by Crippen LogP contribution is 2.33. The van der Waals surface area contributed by atoms with E-state index in [2.05, 4.69) is 30.6 Å². The van der Waals surface area contributed by atoms with Crippen molar-refractivity contribution in [2.24, 2.45) is 0 Å². The number of halogens is 2. The minimum atomic E-state index is -2.74. The highest BCUT2D eigenvalue weighted by Gasteiger charge is 2.28. The third-order valence-corrected chi connectivity index (χ3v) is 10.9. The Morgan fingerprint density at radius 1 is 0.754 bits per heavy atom. The van der Waals surface area contributed by atoms with Crippen LogP contribution >= 0.6 is 0 Å². The van der Waals surface area contributed by atoms with Gasteiger partial charge in [0.2, 0.25) is 0 Å². The molecule has 2 aromatic carbocycles. The molecule has 6 N–H and O–H groups in total. The summed E-state index contributed by atoms with van der Waals surface area (Å²) in [6.45, 7) is 2.20. The van der Waals surface area contributed by atoms with Gasteiger partial charge in [0.05, 0.1) is 44.1 Å². The number of carbonyl (C=O) groups excluding carboxylic acids is 2. The van der Waals surface area contributed by atoms with Gasteiger partial charge >= 0.3 is 0 Å². The van der Waals surface area contributed by atoms with Crippen LogP contribution in [0.5, 0.6) is 5.75 Å². The lowest BCUT2D eigenvalue weighted by molar-refractivity contribution is 0.0999. The highest BCUT2D eigenvalue weighted by atomic mass is 19.3. The summed E-state index contributed by atoms with van der Waals surface area (Å²) in [5.74, 6) is -0.856. The number of anilines is 2. The van der Waals surface area contributed by atoms with Crippen molar-refractivity contribution in [1.82, 2.24) is 29.7 Å². The fourth-order valence-corrected chi connectivity index (χ4v) is 7.48. The van der Waals surface area contributed by atoms with E-state index in [4.69, 9.17) is 25.7 Å². The minimum absolute atomic E-state index is 0.0103. The maximum atomic E-state index is 14.3. The molecule has 1 atom stereocenters. The second-order valence-corrected chi connectivity index (χ2v) is 15.1. The molecule has 2 aliphatic heterocycles. The van der Waals surface area contributed by atoms with E-state index in [1.807, 2.05) is 25.1 Å². The summed E-state index contributed by atoms with van der Waals surface area (Å²) in [6.07, 6.45) is 2.91. The van der Waals surface area contributed by atoms with E-state index in [-0.39, 0.29) is 84.3 Å². The number of aromatic nitrogens is 4. The summed E-state index contributed by atoms with van der Waals surface area (Å²) < 4.78 is 38.8. The fraction of sp³-hybridized carbons (Fsp3) is 0.191. The predicted octanol–water partition coefficient (Wildman–Crippen LogP) is 8.26. The molecule has 0 fully saturated rings. The lowest BCUT2D eigenvalue weighted by atomic mass is 9.98. The Kier molecular flexibility index (Phi) is 12.8. The van der Waals surface area contributed by atoms with Crippen molar-refractivity contribution in [3.8, 4) is 28.0 Å². The van der Waals surface area contributed by atoms with Crippen LogP contribution in [-0.4, -0.2) is 85.7 Å². The molecule has 65 heavy (non-hydrogen) atoms. The van der Waals surface area contributed by atoms with E-state index in [0.717, 1.165) is 29.5 Å². The molecular formula is C47H42F2N12O4. The Morgan fingerprint density at radius 2 is 1.46 bits per heavy atom. The highest BCUT2D eigenvalue weighted by molar-refractivity contribution is 6.08. The van der Waals surface area contributed by atoms with E-state index in [0.29, 0.717) is 34.4 Å². The van der Waals surface area contributed by atoms with Crippen LogP contribution in [0.1, 0.15) is 79.9 Å². The summed E-state index contributed by atoms with van der Waals surface area (Å²) in [6, 6.07) is 24.2. The topological polar surface area (TPSA) is 230 Å². The normalized spacial score (nSPS) is 16.0. The van der Waals surface area contributed by atoms with E-state index in [1.165, 1.54) is 28.1 Å². The molecule has 2 aliphatic rings. The number of benzene rings is 2. The van der Waals surface area contributed by atoms with E-state index in [9.17, 15) is 23.8 Å². The van der Waals surface area contributed by atoms with Gasteiger partial charge in [-0.25, -0.2) is 18.7 Å². The van der Waals surface area contributed by atoms with E-state index < -0.39 is 24.3 Å². The standard InChI is InChI=1S/C47H42F2N12O4/c1-27-7-8-30(22-54-27)29-12-14-40-35(19-29)47(63)58-41-6-2-4-37(56-41)45(53)61(26-51)39(5-3-16-65-40)33-20-38-44(52)60(25-50)15-17-64-24-32-10-9-28(31-11-13-36(43(48)49)55-23-31)18-34(32)46(62)59-42(21-33)57-38/h2,4,6-14,18-23,25-26,39,43,50-53H,3,5,15-17,24H2,1H3,(H,56,58,63)(H,57,59,62)/t39-/m0/s1. The minimum Gasteiger partial charge on any atom is -0.493 e. The Hall–Kier alpha value is -8.12. The van der Waals surface area contributed by atoms with Gasteiger partial charge in [-0.15, -0.1) is 0 Å². The van der Waals surface area contributed by atoms with Gasteiger partial charge in [-0.05, 0) is 96.6 Å². The zero-order chi connectivity index (χ0) is 45.6. The smallest absolute Gasteiger partial charge is 0.280 e. The van der Waals surface area contributed by atoms with Crippen LogP contribution in [-0.2, 0) is 11.3 Å². The first-order valence-electron chi connectivity index (χ1n) is 20.5. The first-order valence-corrected chi connectivity index (χ1v) is 20.5. The van der Waals surface area contributed by atoms with Crippen molar-refractivity contribution >= 4 is 47.8 Å². The molecule has 0 aliphatic carbocycles. The molecule has 4 aromatic heterocycles. The van der Waals surface area contributed by atoms with Gasteiger partial charge in [-0.2, -0.15) is 0 Å². The molecule has 8 rings (SSSR count). The van der Waals surface area contributed by atoms with Gasteiger partial charge in [0.15, 0.2) is 11.7 Å². The van der Waals surface area contributed by atoms with Crippen molar-refractivity contribution in [3.63, 3.8) is 0 Å². The third kappa shape index (κ3) is 9.62. The van der Waals surface area contributed by atoms with Crippen LogP contribution in [0.15, 0.2) is 103 Å². The Balaban J connectivity index is 1.18. The molecule has 18 heteroatoms. The SMILES string of the molecule is Cc1ccc(-c2ccc3c(c2)C(=O)Nc2cccc(n2)C(=N)N(C=N)[C@H](c2cc4nc(c2)C(=N)N(C=N)CCOCc2ccc(-c5ccc(C(F)F)nc5)cc2C(=O)N4)CCCO3)cn1. The molecule has 6 heterocycles. The van der Waals surface area contributed by atoms with E-state index in [1.54, 1.807) is 66.9 Å². The van der Waals surface area contributed by atoms with Crippen LogP contribution in [0.25, 0.3) is 22.3 Å². The molecule has 4 bridgehead atoms. The summed E-state index contributed by atoms with van der Waals surface area (Å²) in [5.41, 5.74) is 4.78. The number of nitrogens with zero attached hydrogens (tertiary/aromatic N) is 6. The number of amides is 2. The quantitative estimate of drug-likeness (QED) is 0.0693. The monoisotopic (exact) mass is 876 g/mol. The van der Waals surface area contributed by atoms with E-state index >= 15 is 0 Å². The second-order valence-electron chi connectivity index (χ2n) is 15.1. The number of hydrogen-bond donors (Lipinski definition) is 6. The van der Waals surface area contributed by atoms with Crippen molar-refractivity contribution in [3.05, 3.63) is 148 Å². The van der Waals surface area contributed by atoms with Crippen molar-refractivity contribution in [2.75, 3.05) is 30.4 Å². The largest absolute Gasteiger partial charge is 0.493 e. The molecular weight excluding hydrogens is 835 g/mol. The summed E-state index contributed by atoms with van der Waals surface area (Å²) in [5, 5.41) is 41.0. The summed E-state index contributed by atoms with van der Waals surface area (Å²) in [4.78, 5) is 48.4. The molecule has 16 nitrogen and oxygen atoms in total. The molecule has 0 unspecified atom stereocenters. The zero-order valence-corrected chi connectivity index (χ0v) is 34.9. The van der Waals surface area contributed by atoms with Gasteiger partial charge < -0.3 is 29.9 Å². The van der Waals surface area contributed by atoms with Crippen LogP contribution < -0.4 is 15.4 Å². The molecule has 0 spiro atoms. The average Bonchev–Trinajstić information content (AvgIpc) is 3.32. The Labute approximate surface area is 371 Å². The number of carbonyl (C=O) groups is 2. The molecule has 0 radical (unpaired) electrons. The molecule has 2 amide bonds. The summed E-state index contributed by atoms with van der Waals surface area (Å²) >= 11 is 0. The predicted molar refractivity (Wildman–Crippen MR) is 240 cm³/mol. The van der Waals surface area contributed by atoms with Crippen LogP contribution in [0.4, 0.5) is 20.4 Å². The van der Waals surface area contributed by atoms with Crippen LogP contribution in [0, 0.1) is 28.6 Å². The lowest BCUT2D eigenvalue weighted by Gasteiger charge is -2.31. The van der Waals surface area contributed by atoms with Crippen molar-refractivity contribution in [2.45, 2.75) is 38.8 Å². The number of nitrogens with one attached hydrogen (secondary N) is 6. The fourth-order valence-electron chi connectivity index (χ4n) is 7.48. The number of ether oxygens (including phenoxy) is 2. The van der Waals surface area contributed by atoms with Crippen molar-refractivity contribution in [1.29, 1.82) is 21.6 Å². The second kappa shape index (κ2) is 19.1. The van der Waals surface area contributed by atoms with Crippen LogP contribution in [0.3, 0.4) is 0 Å². The number of fused-ring (bicyclic) bond motifs is 6. The number of alkyl halides is 2. The average molecular weight is 877 g/mol. The van der Waals surface area contributed by atoms with Gasteiger partial charge in [0.25, 0.3) is 18.2 Å². The number of amidine groups is 2. The van der Waals surface area contributed by atoms with Gasteiger partial charge in [0, 0.05) is 41.3 Å². The number of pyridine rings is 4. The number of hydrogen-bond acceptors (Lipinski definition) is 12. The molecule has 0 saturated carbocycles. The molecule has 0 saturated heterocycles.